The minimum absolute atomic E-state index is 0.280. The highest BCUT2D eigenvalue weighted by molar-refractivity contribution is 5.20. The first-order chi connectivity index (χ1) is 8.38. The second kappa shape index (κ2) is 4.94. The first kappa shape index (κ1) is 13.4. The van der Waals surface area contributed by atoms with Gasteiger partial charge in [-0.05, 0) is 44.5 Å². The zero-order valence-corrected chi connectivity index (χ0v) is 10.8. The predicted molar refractivity (Wildman–Crippen MR) is 66.3 cm³/mol. The summed E-state index contributed by atoms with van der Waals surface area (Å²) in [4.78, 5) is 2.18. The first-order valence-corrected chi connectivity index (χ1v) is 6.26. The van der Waals surface area contributed by atoms with Crippen molar-refractivity contribution in [3.63, 3.8) is 0 Å². The number of aliphatic hydroxyl groups is 1. The highest BCUT2D eigenvalue weighted by Gasteiger charge is 2.35. The van der Waals surface area contributed by atoms with Crippen molar-refractivity contribution in [1.82, 2.24) is 4.90 Å². The van der Waals surface area contributed by atoms with Crippen LogP contribution >= 0.6 is 0 Å². The lowest BCUT2D eigenvalue weighted by molar-refractivity contribution is -0.0354. The van der Waals surface area contributed by atoms with E-state index in [2.05, 4.69) is 11.8 Å². The molecule has 1 aliphatic rings. The molecule has 2 unspecified atom stereocenters. The van der Waals surface area contributed by atoms with Crippen molar-refractivity contribution >= 4 is 0 Å². The number of halogens is 2. The van der Waals surface area contributed by atoms with E-state index < -0.39 is 17.2 Å². The molecule has 1 aromatic rings. The smallest absolute Gasteiger partial charge is 0.126 e. The number of benzene rings is 1. The summed E-state index contributed by atoms with van der Waals surface area (Å²) < 4.78 is 26.2. The van der Waals surface area contributed by atoms with E-state index >= 15 is 0 Å². The van der Waals surface area contributed by atoms with Crippen LogP contribution in [0.1, 0.15) is 25.3 Å². The molecule has 0 aromatic heterocycles. The SMILES string of the molecule is CC1CC(O)(Cc2cc(F)cc(F)c2)CCN1C. The molecule has 1 heterocycles. The van der Waals surface area contributed by atoms with Gasteiger partial charge in [0.05, 0.1) is 5.60 Å². The van der Waals surface area contributed by atoms with Crippen LogP contribution in [-0.2, 0) is 6.42 Å². The number of piperidine rings is 1. The summed E-state index contributed by atoms with van der Waals surface area (Å²) in [7, 11) is 2.02. The van der Waals surface area contributed by atoms with Crippen molar-refractivity contribution in [3.8, 4) is 0 Å². The van der Waals surface area contributed by atoms with E-state index in [0.717, 1.165) is 12.6 Å². The van der Waals surface area contributed by atoms with E-state index in [1.165, 1.54) is 12.1 Å². The van der Waals surface area contributed by atoms with Gasteiger partial charge in [0.15, 0.2) is 0 Å². The van der Waals surface area contributed by atoms with Crippen LogP contribution in [0.15, 0.2) is 18.2 Å². The fraction of sp³-hybridized carbons (Fsp3) is 0.571. The normalized spacial score (nSPS) is 29.5. The largest absolute Gasteiger partial charge is 0.389 e. The Kier molecular flexibility index (Phi) is 3.69. The Labute approximate surface area is 106 Å². The highest BCUT2D eigenvalue weighted by Crippen LogP contribution is 2.29. The van der Waals surface area contributed by atoms with Crippen molar-refractivity contribution in [3.05, 3.63) is 35.4 Å². The molecule has 0 bridgehead atoms. The minimum atomic E-state index is -0.855. The van der Waals surface area contributed by atoms with E-state index in [9.17, 15) is 13.9 Å². The summed E-state index contributed by atoms with van der Waals surface area (Å²) in [6, 6.07) is 3.72. The summed E-state index contributed by atoms with van der Waals surface area (Å²) >= 11 is 0. The van der Waals surface area contributed by atoms with Crippen LogP contribution in [0.3, 0.4) is 0 Å². The van der Waals surface area contributed by atoms with Crippen LogP contribution in [0.2, 0.25) is 0 Å². The third-order valence-corrected chi connectivity index (χ3v) is 3.81. The summed E-state index contributed by atoms with van der Waals surface area (Å²) in [5.74, 6) is -1.18. The summed E-state index contributed by atoms with van der Waals surface area (Å²) in [6.07, 6.45) is 1.56. The van der Waals surface area contributed by atoms with Crippen LogP contribution in [0.25, 0.3) is 0 Å². The lowest BCUT2D eigenvalue weighted by Gasteiger charge is -2.41. The molecule has 1 saturated heterocycles. The Bertz CT molecular complexity index is 418. The Morgan fingerprint density at radius 1 is 1.33 bits per heavy atom. The van der Waals surface area contributed by atoms with Crippen molar-refractivity contribution in [2.24, 2.45) is 0 Å². The van der Waals surface area contributed by atoms with Crippen molar-refractivity contribution in [1.29, 1.82) is 0 Å². The fourth-order valence-corrected chi connectivity index (χ4v) is 2.67. The molecule has 1 aliphatic heterocycles. The van der Waals surface area contributed by atoms with Crippen molar-refractivity contribution in [2.75, 3.05) is 13.6 Å². The van der Waals surface area contributed by atoms with Gasteiger partial charge in [-0.25, -0.2) is 8.78 Å². The molecule has 1 fully saturated rings. The Morgan fingerprint density at radius 3 is 2.50 bits per heavy atom. The van der Waals surface area contributed by atoms with E-state index in [1.54, 1.807) is 0 Å². The van der Waals surface area contributed by atoms with Crippen LogP contribution in [0, 0.1) is 11.6 Å². The maximum absolute atomic E-state index is 13.1. The zero-order valence-electron chi connectivity index (χ0n) is 10.8. The lowest BCUT2D eigenvalue weighted by atomic mass is 9.82. The van der Waals surface area contributed by atoms with Gasteiger partial charge in [0.2, 0.25) is 0 Å². The molecule has 100 valence electrons. The molecule has 0 saturated carbocycles. The second-order valence-electron chi connectivity index (χ2n) is 5.46. The number of nitrogens with zero attached hydrogens (tertiary/aromatic N) is 1. The van der Waals surface area contributed by atoms with E-state index in [1.807, 2.05) is 7.05 Å². The molecule has 0 radical (unpaired) electrons. The molecule has 1 aromatic carbocycles. The van der Waals surface area contributed by atoms with Crippen LogP contribution in [-0.4, -0.2) is 35.2 Å². The number of likely N-dealkylation sites (tertiary alicyclic amines) is 1. The van der Waals surface area contributed by atoms with Gasteiger partial charge >= 0.3 is 0 Å². The van der Waals surface area contributed by atoms with Gasteiger partial charge < -0.3 is 10.0 Å². The average Bonchev–Trinajstić information content (AvgIpc) is 2.22. The quantitative estimate of drug-likeness (QED) is 0.877. The average molecular weight is 255 g/mol. The summed E-state index contributed by atoms with van der Waals surface area (Å²) in [5, 5.41) is 10.5. The third kappa shape index (κ3) is 3.06. The Balaban J connectivity index is 2.12. The van der Waals surface area contributed by atoms with Crippen LogP contribution < -0.4 is 0 Å². The van der Waals surface area contributed by atoms with Gasteiger partial charge in [-0.15, -0.1) is 0 Å². The lowest BCUT2D eigenvalue weighted by Crippen LogP contribution is -2.48. The number of hydrogen-bond donors (Lipinski definition) is 1. The molecule has 0 aliphatic carbocycles. The maximum Gasteiger partial charge on any atom is 0.126 e. The molecule has 4 heteroatoms. The molecule has 0 amide bonds. The highest BCUT2D eigenvalue weighted by atomic mass is 19.1. The maximum atomic E-state index is 13.1. The molecule has 2 nitrogen and oxygen atoms in total. The van der Waals surface area contributed by atoms with Gasteiger partial charge in [0.1, 0.15) is 11.6 Å². The van der Waals surface area contributed by atoms with Crippen LogP contribution in [0.4, 0.5) is 8.78 Å². The molecule has 2 atom stereocenters. The minimum Gasteiger partial charge on any atom is -0.389 e. The Morgan fingerprint density at radius 2 is 1.94 bits per heavy atom. The van der Waals surface area contributed by atoms with Gasteiger partial charge in [-0.2, -0.15) is 0 Å². The number of rotatable bonds is 2. The second-order valence-corrected chi connectivity index (χ2v) is 5.46. The third-order valence-electron chi connectivity index (χ3n) is 3.81. The molecule has 2 rings (SSSR count). The predicted octanol–water partition coefficient (Wildman–Crippen LogP) is 2.35. The summed E-state index contributed by atoms with van der Waals surface area (Å²) in [5.41, 5.74) is -0.335. The monoisotopic (exact) mass is 255 g/mol. The molecule has 0 spiro atoms. The van der Waals surface area contributed by atoms with Crippen molar-refractivity contribution < 1.29 is 13.9 Å². The molecule has 18 heavy (non-hydrogen) atoms. The van der Waals surface area contributed by atoms with E-state index in [4.69, 9.17) is 0 Å². The van der Waals surface area contributed by atoms with E-state index in [0.29, 0.717) is 24.8 Å². The van der Waals surface area contributed by atoms with Gasteiger partial charge in [-0.3, -0.25) is 0 Å². The molecule has 1 N–H and O–H groups in total. The molecular formula is C14H19F2NO. The van der Waals surface area contributed by atoms with E-state index in [-0.39, 0.29) is 6.04 Å². The molecular weight excluding hydrogens is 236 g/mol. The Hall–Kier alpha value is -1.00. The van der Waals surface area contributed by atoms with Gasteiger partial charge in [-0.1, -0.05) is 0 Å². The zero-order chi connectivity index (χ0) is 13.3. The fourth-order valence-electron chi connectivity index (χ4n) is 2.67. The summed E-state index contributed by atoms with van der Waals surface area (Å²) in [6.45, 7) is 2.85. The topological polar surface area (TPSA) is 23.5 Å². The van der Waals surface area contributed by atoms with Gasteiger partial charge in [0, 0.05) is 25.1 Å². The number of hydrogen-bond acceptors (Lipinski definition) is 2. The standard InChI is InChI=1S/C14H19F2NO/c1-10-8-14(18,3-4-17(10)2)9-11-5-12(15)7-13(16)6-11/h5-7,10,18H,3-4,8-9H2,1-2H3. The van der Waals surface area contributed by atoms with Crippen LogP contribution in [0.5, 0.6) is 0 Å². The van der Waals surface area contributed by atoms with Crippen molar-refractivity contribution in [2.45, 2.75) is 37.8 Å². The van der Waals surface area contributed by atoms with Gasteiger partial charge in [0.25, 0.3) is 0 Å². The first-order valence-electron chi connectivity index (χ1n) is 6.26.